The first-order valence-corrected chi connectivity index (χ1v) is 5.69. The number of aliphatic hydroxyl groups is 1. The minimum Gasteiger partial charge on any atom is -0.396 e. The molecule has 84 valence electrons. The van der Waals surface area contributed by atoms with Gasteiger partial charge in [-0.15, -0.1) is 0 Å². The van der Waals surface area contributed by atoms with Gasteiger partial charge in [0.1, 0.15) is 0 Å². The van der Waals surface area contributed by atoms with Crippen molar-refractivity contribution in [3.63, 3.8) is 0 Å². The van der Waals surface area contributed by atoms with Crippen molar-refractivity contribution in [2.45, 2.75) is 38.6 Å². The van der Waals surface area contributed by atoms with Crippen LogP contribution in [0.4, 0.5) is 0 Å². The molecule has 0 radical (unpaired) electrons. The Hall–Kier alpha value is -0.120. The first kappa shape index (κ1) is 12.0. The molecule has 0 saturated heterocycles. The standard InChI is InChI=1S/C11H24N2O/c1-9(2)10-6-11(7-10,8-12)13-4-3-5-14/h9-10,13-14H,3-8,12H2,1-2H3. The van der Waals surface area contributed by atoms with E-state index in [0.29, 0.717) is 0 Å². The normalized spacial score (nSPS) is 31.9. The van der Waals surface area contributed by atoms with Crippen LogP contribution in [0.1, 0.15) is 33.1 Å². The highest BCUT2D eigenvalue weighted by Gasteiger charge is 2.43. The molecule has 0 atom stereocenters. The third-order valence-electron chi connectivity index (χ3n) is 3.47. The van der Waals surface area contributed by atoms with Crippen molar-refractivity contribution in [3.8, 4) is 0 Å². The molecule has 0 aromatic heterocycles. The molecule has 1 aliphatic rings. The zero-order valence-electron chi connectivity index (χ0n) is 9.42. The molecule has 14 heavy (non-hydrogen) atoms. The van der Waals surface area contributed by atoms with Crippen molar-refractivity contribution in [2.24, 2.45) is 17.6 Å². The van der Waals surface area contributed by atoms with Crippen LogP contribution in [0.3, 0.4) is 0 Å². The van der Waals surface area contributed by atoms with E-state index in [0.717, 1.165) is 31.3 Å². The van der Waals surface area contributed by atoms with Gasteiger partial charge in [0.05, 0.1) is 0 Å². The van der Waals surface area contributed by atoms with Crippen LogP contribution in [-0.2, 0) is 0 Å². The molecule has 0 bridgehead atoms. The summed E-state index contributed by atoms with van der Waals surface area (Å²) in [4.78, 5) is 0. The minimum absolute atomic E-state index is 0.185. The van der Waals surface area contributed by atoms with E-state index in [9.17, 15) is 0 Å². The number of nitrogens with one attached hydrogen (secondary N) is 1. The lowest BCUT2D eigenvalue weighted by atomic mass is 9.64. The van der Waals surface area contributed by atoms with Gasteiger partial charge in [-0.25, -0.2) is 0 Å². The molecular weight excluding hydrogens is 176 g/mol. The Morgan fingerprint density at radius 1 is 1.50 bits per heavy atom. The number of hydrogen-bond acceptors (Lipinski definition) is 3. The van der Waals surface area contributed by atoms with E-state index in [1.165, 1.54) is 12.8 Å². The summed E-state index contributed by atoms with van der Waals surface area (Å²) >= 11 is 0. The van der Waals surface area contributed by atoms with Crippen LogP contribution < -0.4 is 11.1 Å². The number of rotatable bonds is 6. The first-order chi connectivity index (χ1) is 6.63. The van der Waals surface area contributed by atoms with Crippen LogP contribution >= 0.6 is 0 Å². The third-order valence-corrected chi connectivity index (χ3v) is 3.47. The zero-order valence-corrected chi connectivity index (χ0v) is 9.42. The van der Waals surface area contributed by atoms with E-state index in [4.69, 9.17) is 10.8 Å². The van der Waals surface area contributed by atoms with Gasteiger partial charge in [-0.1, -0.05) is 13.8 Å². The van der Waals surface area contributed by atoms with Gasteiger partial charge in [0.15, 0.2) is 0 Å². The van der Waals surface area contributed by atoms with Gasteiger partial charge >= 0.3 is 0 Å². The summed E-state index contributed by atoms with van der Waals surface area (Å²) in [5, 5.41) is 12.2. The second-order valence-corrected chi connectivity index (χ2v) is 4.90. The molecular formula is C11H24N2O. The Balaban J connectivity index is 2.26. The Labute approximate surface area is 87.1 Å². The molecule has 0 aromatic carbocycles. The summed E-state index contributed by atoms with van der Waals surface area (Å²) in [6.07, 6.45) is 3.23. The predicted octanol–water partition coefficient (Wildman–Crippen LogP) is 0.722. The van der Waals surface area contributed by atoms with E-state index < -0.39 is 0 Å². The minimum atomic E-state index is 0.185. The molecule has 1 fully saturated rings. The first-order valence-electron chi connectivity index (χ1n) is 5.69. The SMILES string of the molecule is CC(C)C1CC(CN)(NCCCO)C1. The summed E-state index contributed by atoms with van der Waals surface area (Å²) in [5.74, 6) is 1.61. The van der Waals surface area contributed by atoms with E-state index in [1.807, 2.05) is 0 Å². The topological polar surface area (TPSA) is 58.3 Å². The van der Waals surface area contributed by atoms with E-state index >= 15 is 0 Å². The number of nitrogens with two attached hydrogens (primary N) is 1. The molecule has 0 heterocycles. The van der Waals surface area contributed by atoms with Gasteiger partial charge in [-0.2, -0.15) is 0 Å². The molecule has 0 spiro atoms. The average molecular weight is 200 g/mol. The maximum Gasteiger partial charge on any atom is 0.0443 e. The van der Waals surface area contributed by atoms with Gasteiger partial charge in [0.25, 0.3) is 0 Å². The highest BCUT2D eigenvalue weighted by atomic mass is 16.3. The molecule has 0 unspecified atom stereocenters. The quantitative estimate of drug-likeness (QED) is 0.554. The van der Waals surface area contributed by atoms with E-state index in [-0.39, 0.29) is 12.1 Å². The lowest BCUT2D eigenvalue weighted by Gasteiger charge is -2.50. The van der Waals surface area contributed by atoms with Crippen molar-refractivity contribution in [1.29, 1.82) is 0 Å². The fourth-order valence-corrected chi connectivity index (χ4v) is 2.23. The fraction of sp³-hybridized carbons (Fsp3) is 1.00. The molecule has 0 aromatic rings. The Morgan fingerprint density at radius 2 is 2.14 bits per heavy atom. The number of aliphatic hydroxyl groups excluding tert-OH is 1. The lowest BCUT2D eigenvalue weighted by molar-refractivity contribution is 0.0754. The van der Waals surface area contributed by atoms with Crippen molar-refractivity contribution in [3.05, 3.63) is 0 Å². The molecule has 0 amide bonds. The predicted molar refractivity (Wildman–Crippen MR) is 59.1 cm³/mol. The van der Waals surface area contributed by atoms with Gasteiger partial charge in [-0.05, 0) is 37.6 Å². The van der Waals surface area contributed by atoms with Crippen molar-refractivity contribution >= 4 is 0 Å². The van der Waals surface area contributed by atoms with Crippen LogP contribution in [0.2, 0.25) is 0 Å². The maximum absolute atomic E-state index is 8.70. The van der Waals surface area contributed by atoms with Crippen molar-refractivity contribution in [2.75, 3.05) is 19.7 Å². The van der Waals surface area contributed by atoms with Crippen molar-refractivity contribution in [1.82, 2.24) is 5.32 Å². The summed E-state index contributed by atoms with van der Waals surface area (Å²) in [7, 11) is 0. The van der Waals surface area contributed by atoms with Crippen molar-refractivity contribution < 1.29 is 5.11 Å². The molecule has 1 saturated carbocycles. The third kappa shape index (κ3) is 2.69. The average Bonchev–Trinajstić information content (AvgIpc) is 2.09. The van der Waals surface area contributed by atoms with Gasteiger partial charge in [0, 0.05) is 18.7 Å². The summed E-state index contributed by atoms with van der Waals surface area (Å²) in [5.41, 5.74) is 5.97. The molecule has 3 nitrogen and oxygen atoms in total. The Bertz CT molecular complexity index is 165. The zero-order chi connectivity index (χ0) is 10.6. The molecule has 1 aliphatic carbocycles. The van der Waals surface area contributed by atoms with Crippen LogP contribution in [-0.4, -0.2) is 30.3 Å². The summed E-state index contributed by atoms with van der Waals surface area (Å²) in [6, 6.07) is 0. The summed E-state index contributed by atoms with van der Waals surface area (Å²) < 4.78 is 0. The Morgan fingerprint density at radius 3 is 2.57 bits per heavy atom. The number of hydrogen-bond donors (Lipinski definition) is 3. The molecule has 4 N–H and O–H groups in total. The highest BCUT2D eigenvalue weighted by molar-refractivity contribution is 5.02. The Kier molecular flexibility index (Phi) is 4.35. The largest absolute Gasteiger partial charge is 0.396 e. The van der Waals surface area contributed by atoms with Crippen LogP contribution in [0.25, 0.3) is 0 Å². The second-order valence-electron chi connectivity index (χ2n) is 4.90. The van der Waals surface area contributed by atoms with Crippen LogP contribution in [0.5, 0.6) is 0 Å². The van der Waals surface area contributed by atoms with E-state index in [1.54, 1.807) is 0 Å². The monoisotopic (exact) mass is 200 g/mol. The fourth-order valence-electron chi connectivity index (χ4n) is 2.23. The highest BCUT2D eigenvalue weighted by Crippen LogP contribution is 2.41. The summed E-state index contributed by atoms with van der Waals surface area (Å²) in [6.45, 7) is 6.43. The maximum atomic E-state index is 8.70. The smallest absolute Gasteiger partial charge is 0.0443 e. The van der Waals surface area contributed by atoms with Crippen LogP contribution in [0.15, 0.2) is 0 Å². The van der Waals surface area contributed by atoms with Crippen LogP contribution in [0, 0.1) is 11.8 Å². The van der Waals surface area contributed by atoms with Gasteiger partial charge in [0.2, 0.25) is 0 Å². The molecule has 0 aliphatic heterocycles. The molecule has 3 heteroatoms. The second kappa shape index (κ2) is 5.10. The van der Waals surface area contributed by atoms with E-state index in [2.05, 4.69) is 19.2 Å². The van der Waals surface area contributed by atoms with Gasteiger partial charge < -0.3 is 16.2 Å². The lowest BCUT2D eigenvalue weighted by Crippen LogP contribution is -2.61. The van der Waals surface area contributed by atoms with Gasteiger partial charge in [-0.3, -0.25) is 0 Å². The molecule has 1 rings (SSSR count).